The van der Waals surface area contributed by atoms with Gasteiger partial charge in [0.1, 0.15) is 23.9 Å². The molecular formula is C32H56N2O8S. The lowest BCUT2D eigenvalue weighted by Gasteiger charge is -2.30. The number of thiol groups is 1. The molecule has 0 saturated carbocycles. The molecule has 1 atom stereocenters. The molecule has 1 aromatic carbocycles. The van der Waals surface area contributed by atoms with E-state index in [1.807, 2.05) is 14.1 Å². The Morgan fingerprint density at radius 3 is 1.58 bits per heavy atom. The van der Waals surface area contributed by atoms with Crippen molar-refractivity contribution in [1.29, 1.82) is 0 Å². The summed E-state index contributed by atoms with van der Waals surface area (Å²) in [5, 5.41) is 38.5. The van der Waals surface area contributed by atoms with Crippen molar-refractivity contribution in [2.45, 2.75) is 110 Å². The number of nitrogens with one attached hydrogen (secondary N) is 1. The molecular weight excluding hydrogens is 572 g/mol. The van der Waals surface area contributed by atoms with Gasteiger partial charge in [-0.25, -0.2) is 9.59 Å². The molecule has 4 N–H and O–H groups in total. The normalized spacial score (nSPS) is 11.3. The number of para-hydroxylation sites is 1. The lowest BCUT2D eigenvalue weighted by Crippen LogP contribution is -2.48. The van der Waals surface area contributed by atoms with Crippen LogP contribution >= 0.6 is 12.6 Å². The van der Waals surface area contributed by atoms with Crippen LogP contribution in [0, 0.1) is 0 Å². The number of carboxylic acids is 3. The molecule has 0 saturated heterocycles. The smallest absolute Gasteiger partial charge is 0.339 e. The number of carbonyl (C=O) groups is 4. The van der Waals surface area contributed by atoms with Crippen molar-refractivity contribution in [3.8, 4) is 5.75 Å². The highest BCUT2D eigenvalue weighted by atomic mass is 32.1. The highest BCUT2D eigenvalue weighted by Crippen LogP contribution is 2.15. The third-order valence-corrected chi connectivity index (χ3v) is 7.03. The maximum Gasteiger partial charge on any atom is 0.339 e. The molecule has 0 unspecified atom stereocenters. The molecule has 1 rings (SSSR count). The van der Waals surface area contributed by atoms with Crippen molar-refractivity contribution in [1.82, 2.24) is 5.32 Å². The Hall–Kier alpha value is -2.79. The van der Waals surface area contributed by atoms with Gasteiger partial charge in [-0.3, -0.25) is 4.79 Å². The summed E-state index contributed by atoms with van der Waals surface area (Å²) in [7, 11) is 3.94. The Balaban J connectivity index is 0. The minimum Gasteiger partial charge on any atom is -0.544 e. The second-order valence-electron chi connectivity index (χ2n) is 11.4. The third-order valence-electron chi connectivity index (χ3n) is 6.67. The van der Waals surface area contributed by atoms with Crippen LogP contribution < -0.4 is 10.4 Å². The molecule has 0 spiro atoms. The fraction of sp³-hybridized carbons (Fsp3) is 0.688. The minimum atomic E-state index is -1.11. The summed E-state index contributed by atoms with van der Waals surface area (Å²) < 4.78 is 0.542. The topological polar surface area (TPSA) is 164 Å². The standard InChI is InChI=1S/C20H41NO2.C7H6O3.C5H9NO3S/c1-4-5-6-7-8-9-10-11-12-13-14-15-16-17-18-21(2,3)19-20(22)23;8-6-4-2-1-3-5(6)7(9)10;1-3(7)6-4(2-10)5(8)9/h4-19H2,1-3H3;1-4,8H,(H,9,10);4,10H,2H2,1H3,(H,6,7)(H,8,9)/t;;4-/m..0/s1. The summed E-state index contributed by atoms with van der Waals surface area (Å²) in [6.07, 6.45) is 19.0. The molecule has 0 aliphatic rings. The lowest BCUT2D eigenvalue weighted by atomic mass is 10.0. The van der Waals surface area contributed by atoms with Gasteiger partial charge in [-0.1, -0.05) is 96.1 Å². The van der Waals surface area contributed by atoms with Gasteiger partial charge in [0.15, 0.2) is 0 Å². The number of benzene rings is 1. The number of hydrogen-bond acceptors (Lipinski definition) is 7. The van der Waals surface area contributed by atoms with Crippen LogP contribution in [-0.2, 0) is 14.4 Å². The second-order valence-corrected chi connectivity index (χ2v) is 11.7. The Bertz CT molecular complexity index is 911. The molecule has 11 heteroatoms. The van der Waals surface area contributed by atoms with E-state index < -0.39 is 23.9 Å². The number of nitrogens with zero attached hydrogens (tertiary/aromatic N) is 1. The van der Waals surface area contributed by atoms with E-state index >= 15 is 0 Å². The highest BCUT2D eigenvalue weighted by molar-refractivity contribution is 7.80. The zero-order valence-electron chi connectivity index (χ0n) is 26.7. The number of amides is 1. The van der Waals surface area contributed by atoms with Gasteiger partial charge < -0.3 is 35.0 Å². The number of likely N-dealkylation sites (N-methyl/N-ethyl adjacent to an activating group) is 1. The molecule has 0 aliphatic carbocycles. The number of hydrogen-bond donors (Lipinski definition) is 5. The fourth-order valence-corrected chi connectivity index (χ4v) is 4.50. The van der Waals surface area contributed by atoms with Crippen molar-refractivity contribution >= 4 is 36.4 Å². The van der Waals surface area contributed by atoms with E-state index in [-0.39, 0.29) is 29.5 Å². The van der Waals surface area contributed by atoms with E-state index in [4.69, 9.17) is 15.3 Å². The Morgan fingerprint density at radius 2 is 1.28 bits per heavy atom. The van der Waals surface area contributed by atoms with Crippen LogP contribution in [0.3, 0.4) is 0 Å². The van der Waals surface area contributed by atoms with Crippen LogP contribution in [-0.4, -0.2) is 82.6 Å². The molecule has 0 aliphatic heterocycles. The second kappa shape index (κ2) is 26.8. The monoisotopic (exact) mass is 628 g/mol. The zero-order chi connectivity index (χ0) is 33.1. The van der Waals surface area contributed by atoms with Crippen LogP contribution in [0.1, 0.15) is 114 Å². The van der Waals surface area contributed by atoms with Crippen LogP contribution in [0.4, 0.5) is 0 Å². The zero-order valence-corrected chi connectivity index (χ0v) is 27.6. The van der Waals surface area contributed by atoms with Crippen molar-refractivity contribution in [2.75, 3.05) is 32.9 Å². The molecule has 1 aromatic rings. The van der Waals surface area contributed by atoms with Crippen molar-refractivity contribution in [3.05, 3.63) is 29.8 Å². The van der Waals surface area contributed by atoms with Crippen LogP contribution in [0.2, 0.25) is 0 Å². The van der Waals surface area contributed by atoms with Crippen LogP contribution in [0.5, 0.6) is 5.75 Å². The first kappa shape index (κ1) is 42.3. The first-order chi connectivity index (χ1) is 20.3. The molecule has 43 heavy (non-hydrogen) atoms. The van der Waals surface area contributed by atoms with Gasteiger partial charge in [-0.2, -0.15) is 12.6 Å². The molecule has 0 fully saturated rings. The van der Waals surface area contributed by atoms with Gasteiger partial charge in [-0.15, -0.1) is 0 Å². The Morgan fingerprint density at radius 1 is 0.837 bits per heavy atom. The summed E-state index contributed by atoms with van der Waals surface area (Å²) in [5.74, 6) is -3.57. The lowest BCUT2D eigenvalue weighted by molar-refractivity contribution is -0.885. The van der Waals surface area contributed by atoms with Gasteiger partial charge >= 0.3 is 11.9 Å². The molecule has 0 heterocycles. The van der Waals surface area contributed by atoms with Gasteiger partial charge in [0, 0.05) is 12.7 Å². The van der Waals surface area contributed by atoms with Gasteiger partial charge in [0.25, 0.3) is 0 Å². The minimum absolute atomic E-state index is 0.0671. The summed E-state index contributed by atoms with van der Waals surface area (Å²) in [6.45, 7) is 4.59. The molecule has 1 amide bonds. The fourth-order valence-electron chi connectivity index (χ4n) is 4.25. The van der Waals surface area contributed by atoms with E-state index in [1.54, 1.807) is 12.1 Å². The van der Waals surface area contributed by atoms with Crippen molar-refractivity contribution in [3.63, 3.8) is 0 Å². The molecule has 10 nitrogen and oxygen atoms in total. The summed E-state index contributed by atoms with van der Waals surface area (Å²) in [6, 6.07) is 4.94. The number of quaternary nitrogens is 1. The summed E-state index contributed by atoms with van der Waals surface area (Å²) in [4.78, 5) is 41.4. The number of aliphatic carboxylic acids is 2. The van der Waals surface area contributed by atoms with E-state index in [0.717, 1.165) is 13.0 Å². The number of rotatable bonds is 21. The number of carbonyl (C=O) groups excluding carboxylic acids is 2. The molecule has 248 valence electrons. The SMILES string of the molecule is CC(=O)N[C@@H](CS)C(=O)O.CCCCCCCCCCCCCCCC[N+](C)(C)CC(=O)[O-].O=C(O)c1ccccc1O. The molecule has 0 aromatic heterocycles. The van der Waals surface area contributed by atoms with Crippen molar-refractivity contribution < 1.29 is 44.1 Å². The summed E-state index contributed by atoms with van der Waals surface area (Å²) in [5.41, 5.74) is -0.0671. The predicted molar refractivity (Wildman–Crippen MR) is 171 cm³/mol. The maximum absolute atomic E-state index is 10.6. The molecule has 0 radical (unpaired) electrons. The first-order valence-corrected chi connectivity index (χ1v) is 16.0. The Kier molecular flexibility index (Phi) is 26.4. The number of carboxylic acid groups (broad SMARTS) is 3. The number of unbranched alkanes of at least 4 members (excludes halogenated alkanes) is 13. The Labute approximate surface area is 263 Å². The van der Waals surface area contributed by atoms with Gasteiger partial charge in [0.2, 0.25) is 5.91 Å². The average molecular weight is 629 g/mol. The van der Waals surface area contributed by atoms with E-state index in [0.29, 0.717) is 4.48 Å². The van der Waals surface area contributed by atoms with E-state index in [2.05, 4.69) is 24.9 Å². The van der Waals surface area contributed by atoms with Crippen LogP contribution in [0.15, 0.2) is 24.3 Å². The van der Waals surface area contributed by atoms with Crippen LogP contribution in [0.25, 0.3) is 0 Å². The van der Waals surface area contributed by atoms with Crippen molar-refractivity contribution in [2.24, 2.45) is 0 Å². The quantitative estimate of drug-likeness (QED) is 0.0730. The maximum atomic E-state index is 10.6. The number of aromatic hydroxyl groups is 1. The predicted octanol–water partition coefficient (Wildman–Crippen LogP) is 4.89. The third kappa shape index (κ3) is 27.8. The first-order valence-electron chi connectivity index (χ1n) is 15.4. The van der Waals surface area contributed by atoms with E-state index in [1.165, 1.54) is 103 Å². The summed E-state index contributed by atoms with van der Waals surface area (Å²) >= 11 is 3.73. The van der Waals surface area contributed by atoms with Gasteiger partial charge in [0.05, 0.1) is 26.6 Å². The largest absolute Gasteiger partial charge is 0.544 e. The number of phenols is 1. The van der Waals surface area contributed by atoms with E-state index in [9.17, 15) is 24.3 Å². The molecule has 0 bridgehead atoms. The average Bonchev–Trinajstić information content (AvgIpc) is 2.91. The van der Waals surface area contributed by atoms with Gasteiger partial charge in [-0.05, 0) is 25.0 Å². The number of aromatic carboxylic acids is 1. The highest BCUT2D eigenvalue weighted by Gasteiger charge is 2.15.